The predicted molar refractivity (Wildman–Crippen MR) is 65.5 cm³/mol. The Morgan fingerprint density at radius 2 is 2.11 bits per heavy atom. The van der Waals surface area contributed by atoms with Gasteiger partial charge in [0.2, 0.25) is 10.0 Å². The summed E-state index contributed by atoms with van der Waals surface area (Å²) < 4.78 is 31.0. The molecule has 0 spiro atoms. The van der Waals surface area contributed by atoms with Gasteiger partial charge in [-0.25, -0.2) is 13.1 Å². The van der Waals surface area contributed by atoms with Crippen LogP contribution in [0.5, 0.6) is 0 Å². The lowest BCUT2D eigenvalue weighted by Gasteiger charge is -2.09. The number of carboxylic acid groups (broad SMARTS) is 1. The van der Waals surface area contributed by atoms with Crippen LogP contribution in [0.2, 0.25) is 0 Å². The molecule has 100 valence electrons. The van der Waals surface area contributed by atoms with Gasteiger partial charge in [0, 0.05) is 18.1 Å². The van der Waals surface area contributed by atoms with Gasteiger partial charge in [0.25, 0.3) is 0 Å². The first-order valence-electron chi connectivity index (χ1n) is 4.87. The molecule has 1 aromatic carbocycles. The monoisotopic (exact) mass is 336 g/mol. The van der Waals surface area contributed by atoms with Crippen molar-refractivity contribution in [2.45, 2.75) is 4.90 Å². The first-order chi connectivity index (χ1) is 8.36. The lowest BCUT2D eigenvalue weighted by atomic mass is 10.2. The number of aromatic carboxylic acids is 1. The van der Waals surface area contributed by atoms with Crippen molar-refractivity contribution >= 4 is 31.9 Å². The number of benzene rings is 1. The molecule has 8 heteroatoms. The Morgan fingerprint density at radius 3 is 2.67 bits per heavy atom. The van der Waals surface area contributed by atoms with Crippen LogP contribution < -0.4 is 9.83 Å². The van der Waals surface area contributed by atoms with E-state index in [1.807, 2.05) is 0 Å². The molecule has 0 fully saturated rings. The van der Waals surface area contributed by atoms with E-state index in [1.54, 1.807) is 0 Å². The molecule has 0 atom stereocenters. The molecule has 0 heterocycles. The summed E-state index contributed by atoms with van der Waals surface area (Å²) in [7, 11) is -2.32. The summed E-state index contributed by atoms with van der Waals surface area (Å²) in [6, 6.07) is 3.61. The minimum absolute atomic E-state index is 0.103. The summed E-state index contributed by atoms with van der Waals surface area (Å²) in [4.78, 5) is 10.6. The number of sulfonamides is 1. The van der Waals surface area contributed by atoms with Gasteiger partial charge in [0.05, 0.1) is 17.5 Å². The van der Waals surface area contributed by atoms with Crippen molar-refractivity contribution in [3.05, 3.63) is 28.2 Å². The fourth-order valence-electron chi connectivity index (χ4n) is 1.20. The SMILES string of the molecule is COCCNS(=O)(=O)c1cc(Br)cc(C(=O)[O-])c1. The highest BCUT2D eigenvalue weighted by atomic mass is 79.9. The summed E-state index contributed by atoms with van der Waals surface area (Å²) in [6.45, 7) is 0.326. The standard InChI is InChI=1S/C10H12BrNO5S/c1-17-3-2-12-18(15,16)9-5-7(10(13)14)4-8(11)6-9/h4-6,12H,2-3H2,1H3,(H,13,14)/p-1. The van der Waals surface area contributed by atoms with Gasteiger partial charge in [-0.15, -0.1) is 0 Å². The fourth-order valence-corrected chi connectivity index (χ4v) is 2.92. The van der Waals surface area contributed by atoms with Crippen LogP contribution in [0.3, 0.4) is 0 Å². The van der Waals surface area contributed by atoms with Crippen molar-refractivity contribution < 1.29 is 23.1 Å². The number of halogens is 1. The van der Waals surface area contributed by atoms with Gasteiger partial charge < -0.3 is 14.6 Å². The minimum Gasteiger partial charge on any atom is -0.545 e. The largest absolute Gasteiger partial charge is 0.545 e. The number of ether oxygens (including phenoxy) is 1. The first-order valence-corrected chi connectivity index (χ1v) is 7.15. The molecule has 0 aliphatic rings. The third kappa shape index (κ3) is 4.05. The van der Waals surface area contributed by atoms with Crippen LogP contribution in [-0.2, 0) is 14.8 Å². The number of methoxy groups -OCH3 is 1. The van der Waals surface area contributed by atoms with Crippen LogP contribution in [0, 0.1) is 0 Å². The number of hydrogen-bond donors (Lipinski definition) is 1. The molecule has 1 aromatic rings. The molecule has 0 unspecified atom stereocenters. The Kier molecular flexibility index (Phi) is 5.27. The van der Waals surface area contributed by atoms with Gasteiger partial charge in [-0.05, 0) is 23.8 Å². The summed E-state index contributed by atoms with van der Waals surface area (Å²) in [5.74, 6) is -1.44. The van der Waals surface area contributed by atoms with E-state index >= 15 is 0 Å². The quantitative estimate of drug-likeness (QED) is 0.722. The molecular formula is C10H11BrNO5S-. The highest BCUT2D eigenvalue weighted by molar-refractivity contribution is 9.10. The van der Waals surface area contributed by atoms with E-state index in [0.29, 0.717) is 4.47 Å². The van der Waals surface area contributed by atoms with Crippen molar-refractivity contribution in [3.63, 3.8) is 0 Å². The van der Waals surface area contributed by atoms with Crippen LogP contribution >= 0.6 is 15.9 Å². The van der Waals surface area contributed by atoms with Crippen LogP contribution in [0.1, 0.15) is 10.4 Å². The van der Waals surface area contributed by atoms with Gasteiger partial charge in [0.15, 0.2) is 0 Å². The number of carboxylic acids is 1. The Labute approximate surface area is 113 Å². The molecule has 0 amide bonds. The highest BCUT2D eigenvalue weighted by Gasteiger charge is 2.15. The number of carbonyl (C=O) groups is 1. The van der Waals surface area contributed by atoms with Crippen molar-refractivity contribution in [1.29, 1.82) is 0 Å². The molecule has 0 aliphatic carbocycles. The molecule has 1 rings (SSSR count). The van der Waals surface area contributed by atoms with Crippen molar-refractivity contribution in [2.24, 2.45) is 0 Å². The van der Waals surface area contributed by atoms with Gasteiger partial charge in [-0.2, -0.15) is 0 Å². The number of hydrogen-bond acceptors (Lipinski definition) is 5. The summed E-state index contributed by atoms with van der Waals surface area (Å²) in [5.41, 5.74) is -0.212. The predicted octanol–water partition coefficient (Wildman–Crippen LogP) is -0.263. The number of rotatable bonds is 6. The first kappa shape index (κ1) is 15.1. The summed E-state index contributed by atoms with van der Waals surface area (Å²) in [5, 5.41) is 10.7. The topological polar surface area (TPSA) is 95.5 Å². The van der Waals surface area contributed by atoms with Crippen LogP contribution in [0.4, 0.5) is 0 Å². The third-order valence-corrected chi connectivity index (χ3v) is 3.91. The molecule has 0 saturated carbocycles. The van der Waals surface area contributed by atoms with Gasteiger partial charge in [-0.3, -0.25) is 0 Å². The average molecular weight is 337 g/mol. The molecular weight excluding hydrogens is 326 g/mol. The zero-order chi connectivity index (χ0) is 13.8. The maximum Gasteiger partial charge on any atom is 0.240 e. The molecule has 18 heavy (non-hydrogen) atoms. The lowest BCUT2D eigenvalue weighted by molar-refractivity contribution is -0.255. The van der Waals surface area contributed by atoms with E-state index in [4.69, 9.17) is 4.74 Å². The second kappa shape index (κ2) is 6.28. The van der Waals surface area contributed by atoms with Gasteiger partial charge >= 0.3 is 0 Å². The molecule has 1 N–H and O–H groups in total. The lowest BCUT2D eigenvalue weighted by Crippen LogP contribution is -2.28. The minimum atomic E-state index is -3.76. The molecule has 0 radical (unpaired) electrons. The Bertz CT molecular complexity index is 543. The fraction of sp³-hybridized carbons (Fsp3) is 0.300. The van der Waals surface area contributed by atoms with Crippen molar-refractivity contribution in [2.75, 3.05) is 20.3 Å². The zero-order valence-electron chi connectivity index (χ0n) is 9.47. The third-order valence-electron chi connectivity index (χ3n) is 2.02. The maximum atomic E-state index is 11.8. The summed E-state index contributed by atoms with van der Waals surface area (Å²) >= 11 is 3.05. The number of nitrogens with one attached hydrogen (secondary N) is 1. The summed E-state index contributed by atoms with van der Waals surface area (Å²) in [6.07, 6.45) is 0. The van der Waals surface area contributed by atoms with Crippen LogP contribution in [0.15, 0.2) is 27.6 Å². The zero-order valence-corrected chi connectivity index (χ0v) is 11.9. The van der Waals surface area contributed by atoms with E-state index in [-0.39, 0.29) is 23.6 Å². The second-order valence-electron chi connectivity index (χ2n) is 3.35. The van der Waals surface area contributed by atoms with E-state index in [2.05, 4.69) is 20.7 Å². The molecule has 0 bridgehead atoms. The van der Waals surface area contributed by atoms with Crippen molar-refractivity contribution in [3.8, 4) is 0 Å². The Balaban J connectivity index is 3.05. The van der Waals surface area contributed by atoms with Gasteiger partial charge in [-0.1, -0.05) is 15.9 Å². The van der Waals surface area contributed by atoms with Crippen molar-refractivity contribution in [1.82, 2.24) is 4.72 Å². The van der Waals surface area contributed by atoms with Crippen LogP contribution in [-0.4, -0.2) is 34.6 Å². The Morgan fingerprint density at radius 1 is 1.44 bits per heavy atom. The Hall–Kier alpha value is -0.960. The van der Waals surface area contributed by atoms with E-state index < -0.39 is 16.0 Å². The smallest absolute Gasteiger partial charge is 0.240 e. The van der Waals surface area contributed by atoms with Gasteiger partial charge in [0.1, 0.15) is 0 Å². The average Bonchev–Trinajstić information content (AvgIpc) is 2.28. The molecule has 6 nitrogen and oxygen atoms in total. The number of carbonyl (C=O) groups excluding carboxylic acids is 1. The second-order valence-corrected chi connectivity index (χ2v) is 6.04. The van der Waals surface area contributed by atoms with E-state index in [0.717, 1.165) is 6.07 Å². The maximum absolute atomic E-state index is 11.8. The molecule has 0 aromatic heterocycles. The van der Waals surface area contributed by atoms with Crippen LogP contribution in [0.25, 0.3) is 0 Å². The molecule has 0 aliphatic heterocycles. The molecule has 0 saturated heterocycles. The van der Waals surface area contributed by atoms with E-state index in [1.165, 1.54) is 19.2 Å². The highest BCUT2D eigenvalue weighted by Crippen LogP contribution is 2.19. The normalized spacial score (nSPS) is 11.4. The van der Waals surface area contributed by atoms with E-state index in [9.17, 15) is 18.3 Å².